The van der Waals surface area contributed by atoms with E-state index in [1.807, 2.05) is 19.1 Å². The molecular formula is C24H28N2O3. The van der Waals surface area contributed by atoms with E-state index >= 15 is 0 Å². The van der Waals surface area contributed by atoms with Crippen LogP contribution in [0.15, 0.2) is 36.7 Å². The van der Waals surface area contributed by atoms with Crippen LogP contribution in [0.3, 0.4) is 0 Å². The molecule has 1 atom stereocenters. The largest absolute Gasteiger partial charge is 0.493 e. The average molecular weight is 392 g/mol. The van der Waals surface area contributed by atoms with Crippen LogP contribution in [0.5, 0.6) is 5.75 Å². The molecule has 2 aromatic rings. The summed E-state index contributed by atoms with van der Waals surface area (Å²) < 4.78 is 10.8. The molecule has 1 aliphatic heterocycles. The standard InChI is InChI=1S/C24H28N2O3/c1-4-28-22(27)8-5-7-19(23-25-14-6-15-26-23)11-9-18-10-12-21-20(17-18)24(2,3)13-16-29-21/h6,10,12,14-15,17,19H,4-5,7-8,13,16H2,1-3H3. The van der Waals surface area contributed by atoms with Crippen molar-refractivity contribution in [1.82, 2.24) is 9.97 Å². The van der Waals surface area contributed by atoms with Crippen LogP contribution < -0.4 is 4.74 Å². The Bertz CT molecular complexity index is 897. The molecule has 0 saturated heterocycles. The maximum atomic E-state index is 11.6. The monoisotopic (exact) mass is 392 g/mol. The first kappa shape index (κ1) is 20.9. The van der Waals surface area contributed by atoms with Gasteiger partial charge in [-0.05, 0) is 55.9 Å². The number of rotatable bonds is 6. The Morgan fingerprint density at radius 2 is 2.10 bits per heavy atom. The molecule has 0 aliphatic carbocycles. The fraction of sp³-hybridized carbons (Fsp3) is 0.458. The van der Waals surface area contributed by atoms with Crippen molar-refractivity contribution in [2.45, 2.75) is 57.8 Å². The van der Waals surface area contributed by atoms with E-state index in [0.717, 1.165) is 24.3 Å². The highest BCUT2D eigenvalue weighted by Crippen LogP contribution is 2.38. The molecule has 0 amide bonds. The molecule has 0 saturated carbocycles. The van der Waals surface area contributed by atoms with Gasteiger partial charge in [0.05, 0.1) is 19.1 Å². The van der Waals surface area contributed by atoms with Crippen molar-refractivity contribution in [3.8, 4) is 17.6 Å². The number of ether oxygens (including phenoxy) is 2. The minimum absolute atomic E-state index is 0.0762. The summed E-state index contributed by atoms with van der Waals surface area (Å²) in [6, 6.07) is 7.92. The van der Waals surface area contributed by atoms with Crippen molar-refractivity contribution in [2.24, 2.45) is 0 Å². The molecule has 1 aliphatic rings. The quantitative estimate of drug-likeness (QED) is 0.538. The SMILES string of the molecule is CCOC(=O)CCCC(C#Cc1ccc2c(c1)C(C)(C)CCO2)c1ncccn1. The molecule has 0 fully saturated rings. The van der Waals surface area contributed by atoms with Gasteiger partial charge in [-0.25, -0.2) is 9.97 Å². The lowest BCUT2D eigenvalue weighted by molar-refractivity contribution is -0.143. The van der Waals surface area contributed by atoms with Gasteiger partial charge in [0.15, 0.2) is 0 Å². The van der Waals surface area contributed by atoms with Crippen molar-refractivity contribution in [3.63, 3.8) is 0 Å². The third-order valence-electron chi connectivity index (χ3n) is 5.16. The summed E-state index contributed by atoms with van der Waals surface area (Å²) in [4.78, 5) is 20.4. The molecule has 5 nitrogen and oxygen atoms in total. The van der Waals surface area contributed by atoms with Gasteiger partial charge < -0.3 is 9.47 Å². The molecule has 0 bridgehead atoms. The van der Waals surface area contributed by atoms with Crippen molar-refractivity contribution in [3.05, 3.63) is 53.6 Å². The number of hydrogen-bond donors (Lipinski definition) is 0. The van der Waals surface area contributed by atoms with Crippen LogP contribution >= 0.6 is 0 Å². The van der Waals surface area contributed by atoms with Crippen LogP contribution in [-0.4, -0.2) is 29.2 Å². The average Bonchev–Trinajstić information content (AvgIpc) is 2.71. The van der Waals surface area contributed by atoms with Gasteiger partial charge in [-0.2, -0.15) is 0 Å². The number of hydrogen-bond acceptors (Lipinski definition) is 5. The fourth-order valence-electron chi connectivity index (χ4n) is 3.42. The fourth-order valence-corrected chi connectivity index (χ4v) is 3.42. The van der Waals surface area contributed by atoms with Gasteiger partial charge in [0.25, 0.3) is 0 Å². The normalized spacial score (nSPS) is 15.3. The Kier molecular flexibility index (Phi) is 6.87. The second-order valence-corrected chi connectivity index (χ2v) is 7.82. The summed E-state index contributed by atoms with van der Waals surface area (Å²) in [6.07, 6.45) is 6.20. The number of fused-ring (bicyclic) bond motifs is 1. The van der Waals surface area contributed by atoms with Crippen LogP contribution in [0, 0.1) is 11.8 Å². The van der Waals surface area contributed by atoms with Gasteiger partial charge in [0.1, 0.15) is 11.6 Å². The molecular weight excluding hydrogens is 364 g/mol. The van der Waals surface area contributed by atoms with E-state index in [1.165, 1.54) is 5.56 Å². The first-order chi connectivity index (χ1) is 14.0. The van der Waals surface area contributed by atoms with Gasteiger partial charge in [-0.15, -0.1) is 0 Å². The molecule has 1 aromatic carbocycles. The number of carbonyl (C=O) groups excluding carboxylic acids is 1. The second-order valence-electron chi connectivity index (χ2n) is 7.82. The lowest BCUT2D eigenvalue weighted by atomic mass is 9.79. The molecule has 152 valence electrons. The summed E-state index contributed by atoms with van der Waals surface area (Å²) in [5.74, 6) is 7.94. The van der Waals surface area contributed by atoms with Crippen LogP contribution in [0.1, 0.15) is 69.3 Å². The lowest BCUT2D eigenvalue weighted by Crippen LogP contribution is -2.26. The van der Waals surface area contributed by atoms with Crippen LogP contribution in [0.25, 0.3) is 0 Å². The maximum absolute atomic E-state index is 11.6. The number of nitrogens with zero attached hydrogens (tertiary/aromatic N) is 2. The highest BCUT2D eigenvalue weighted by atomic mass is 16.5. The number of benzene rings is 1. The smallest absolute Gasteiger partial charge is 0.305 e. The molecule has 5 heteroatoms. The topological polar surface area (TPSA) is 61.3 Å². The van der Waals surface area contributed by atoms with Crippen LogP contribution in [-0.2, 0) is 14.9 Å². The van der Waals surface area contributed by atoms with Gasteiger partial charge in [0, 0.05) is 29.9 Å². The summed E-state index contributed by atoms with van der Waals surface area (Å²) in [6.45, 7) is 7.44. The van der Waals surface area contributed by atoms with E-state index in [9.17, 15) is 4.79 Å². The zero-order valence-electron chi connectivity index (χ0n) is 17.4. The molecule has 1 unspecified atom stereocenters. The van der Waals surface area contributed by atoms with Crippen LogP contribution in [0.4, 0.5) is 0 Å². The van der Waals surface area contributed by atoms with Crippen molar-refractivity contribution < 1.29 is 14.3 Å². The van der Waals surface area contributed by atoms with Gasteiger partial charge >= 0.3 is 5.97 Å². The Balaban J connectivity index is 1.78. The third-order valence-corrected chi connectivity index (χ3v) is 5.16. The van der Waals surface area contributed by atoms with Crippen LogP contribution in [0.2, 0.25) is 0 Å². The Morgan fingerprint density at radius 3 is 2.86 bits per heavy atom. The Labute approximate surface area is 172 Å². The molecule has 29 heavy (non-hydrogen) atoms. The number of aromatic nitrogens is 2. The highest BCUT2D eigenvalue weighted by molar-refractivity contribution is 5.69. The summed E-state index contributed by atoms with van der Waals surface area (Å²) >= 11 is 0. The maximum Gasteiger partial charge on any atom is 0.305 e. The zero-order chi connectivity index (χ0) is 20.7. The minimum Gasteiger partial charge on any atom is -0.493 e. The van der Waals surface area contributed by atoms with E-state index in [0.29, 0.717) is 31.7 Å². The summed E-state index contributed by atoms with van der Waals surface area (Å²) in [7, 11) is 0. The highest BCUT2D eigenvalue weighted by Gasteiger charge is 2.28. The Morgan fingerprint density at radius 1 is 1.31 bits per heavy atom. The van der Waals surface area contributed by atoms with E-state index in [-0.39, 0.29) is 17.3 Å². The first-order valence-electron chi connectivity index (χ1n) is 10.2. The third kappa shape index (κ3) is 5.57. The number of esters is 1. The van der Waals surface area contributed by atoms with E-state index < -0.39 is 0 Å². The van der Waals surface area contributed by atoms with Crippen molar-refractivity contribution in [1.29, 1.82) is 0 Å². The predicted molar refractivity (Wildman–Crippen MR) is 112 cm³/mol. The van der Waals surface area contributed by atoms with Gasteiger partial charge in [0.2, 0.25) is 0 Å². The molecule has 2 heterocycles. The van der Waals surface area contributed by atoms with Gasteiger partial charge in [-0.3, -0.25) is 4.79 Å². The lowest BCUT2D eigenvalue weighted by Gasteiger charge is -2.32. The summed E-state index contributed by atoms with van der Waals surface area (Å²) in [5, 5.41) is 0. The zero-order valence-corrected chi connectivity index (χ0v) is 17.4. The second kappa shape index (κ2) is 9.56. The first-order valence-corrected chi connectivity index (χ1v) is 10.2. The van der Waals surface area contributed by atoms with Crippen molar-refractivity contribution in [2.75, 3.05) is 13.2 Å². The molecule has 1 aromatic heterocycles. The molecule has 3 rings (SSSR count). The van der Waals surface area contributed by atoms with Crippen molar-refractivity contribution >= 4 is 5.97 Å². The van der Waals surface area contributed by atoms with E-state index in [2.05, 4.69) is 41.7 Å². The minimum atomic E-state index is -0.176. The van der Waals surface area contributed by atoms with Gasteiger partial charge in [-0.1, -0.05) is 25.7 Å². The molecule has 0 N–H and O–H groups in total. The predicted octanol–water partition coefficient (Wildman–Crippen LogP) is 4.41. The molecule has 0 spiro atoms. The van der Waals surface area contributed by atoms with E-state index in [1.54, 1.807) is 18.5 Å². The number of carbonyl (C=O) groups is 1. The van der Waals surface area contributed by atoms with E-state index in [4.69, 9.17) is 9.47 Å². The summed E-state index contributed by atoms with van der Waals surface area (Å²) in [5.41, 5.74) is 2.23. The molecule has 0 radical (unpaired) electrons. The Hall–Kier alpha value is -2.87.